The lowest BCUT2D eigenvalue weighted by Crippen LogP contribution is -2.63. The van der Waals surface area contributed by atoms with Crippen LogP contribution in [-0.2, 0) is 28.5 Å². The molecule has 226 valence electrons. The zero-order valence-corrected chi connectivity index (χ0v) is 22.8. The lowest BCUT2D eigenvalue weighted by molar-refractivity contribution is -0.364. The molecule has 2 aromatic carbocycles. The maximum atomic E-state index is 13.5. The number of fused-ring (bicyclic) bond motifs is 4. The first-order valence-electron chi connectivity index (χ1n) is 15.0. The standard InChI is InChI=1S/C29H32O13/c1-11-36-9-20-27(40-11)24(31)25(32)29(41-20)42-26-14-7-17-16(38-10-39-17)6-13(14)21(22-15(26)8-37-28(22)33)12-4-18(34-2)23(30)19(5-12)35-3/h4-7,11,15,20-22,24-27,29-32H,8-10H2,1-3H3/t11-,15+,20-,21-,22+,24-,25-,26-,27-,29+/m1/s1/i9D2,21D. The third kappa shape index (κ3) is 4.26. The lowest BCUT2D eigenvalue weighted by Gasteiger charge is -2.47. The number of hydrogen-bond acceptors (Lipinski definition) is 13. The third-order valence-electron chi connectivity index (χ3n) is 8.26. The van der Waals surface area contributed by atoms with Gasteiger partial charge in [0, 0.05) is 13.2 Å². The van der Waals surface area contributed by atoms with Crippen molar-refractivity contribution in [2.45, 2.75) is 55.9 Å². The first kappa shape index (κ1) is 24.1. The molecule has 3 saturated heterocycles. The molecule has 0 bridgehead atoms. The van der Waals surface area contributed by atoms with Crippen molar-refractivity contribution < 1.29 is 66.9 Å². The van der Waals surface area contributed by atoms with E-state index in [4.69, 9.17) is 45.4 Å². The molecule has 13 nitrogen and oxygen atoms in total. The van der Waals surface area contributed by atoms with Gasteiger partial charge in [-0.3, -0.25) is 4.79 Å². The largest absolute Gasteiger partial charge is 0.502 e. The summed E-state index contributed by atoms with van der Waals surface area (Å²) in [6.45, 7) is -1.19. The molecule has 2 aromatic rings. The summed E-state index contributed by atoms with van der Waals surface area (Å²) in [7, 11) is 2.69. The van der Waals surface area contributed by atoms with E-state index in [2.05, 4.69) is 0 Å². The second-order valence-corrected chi connectivity index (χ2v) is 10.6. The summed E-state index contributed by atoms with van der Waals surface area (Å²) in [4.78, 5) is 13.5. The maximum Gasteiger partial charge on any atom is 0.310 e. The summed E-state index contributed by atoms with van der Waals surface area (Å²) in [6, 6.07) is 6.07. The van der Waals surface area contributed by atoms with Crippen molar-refractivity contribution in [2.24, 2.45) is 11.8 Å². The number of benzene rings is 2. The van der Waals surface area contributed by atoms with E-state index in [0.29, 0.717) is 17.1 Å². The van der Waals surface area contributed by atoms with Crippen LogP contribution in [-0.4, -0.2) is 92.5 Å². The van der Waals surface area contributed by atoms with Gasteiger partial charge in [0.05, 0.1) is 42.1 Å². The second-order valence-electron chi connectivity index (χ2n) is 10.6. The molecular formula is C29H32O13. The predicted octanol–water partition coefficient (Wildman–Crippen LogP) is 1.34. The van der Waals surface area contributed by atoms with Gasteiger partial charge in [-0.05, 0) is 47.9 Å². The summed E-state index contributed by atoms with van der Waals surface area (Å²) in [5.74, 6) is -4.18. The highest BCUT2D eigenvalue weighted by Gasteiger charge is 2.56. The van der Waals surface area contributed by atoms with E-state index < -0.39 is 73.4 Å². The molecule has 10 atom stereocenters. The fraction of sp³-hybridized carbons (Fsp3) is 0.552. The van der Waals surface area contributed by atoms with E-state index in [0.717, 1.165) is 0 Å². The number of ether oxygens (including phenoxy) is 9. The SMILES string of the molecule is [2H]C1([2H])O[C@@H](C)O[C@H]2[C@H](O)[C@@H](O)[C@H](O[C@@H]3c4cc5c(cc4[C@@]([2H])(c4cc(OC)c(O)c(OC)c4)[C@H]4C(=O)OC[C@H]34)OCO5)O[C@@H]21. The van der Waals surface area contributed by atoms with Crippen LogP contribution in [0, 0.1) is 11.8 Å². The number of aliphatic hydroxyl groups excluding tert-OH is 2. The van der Waals surface area contributed by atoms with Gasteiger partial charge in [-0.15, -0.1) is 0 Å². The van der Waals surface area contributed by atoms with Crippen LogP contribution in [0.4, 0.5) is 0 Å². The summed E-state index contributed by atoms with van der Waals surface area (Å²) in [5.41, 5.74) is 0.885. The van der Waals surface area contributed by atoms with Crippen LogP contribution in [0.1, 0.15) is 39.7 Å². The highest BCUT2D eigenvalue weighted by atomic mass is 16.8. The molecule has 0 unspecified atom stereocenters. The van der Waals surface area contributed by atoms with Gasteiger partial charge in [0.1, 0.15) is 24.4 Å². The number of cyclic esters (lactones) is 1. The smallest absolute Gasteiger partial charge is 0.310 e. The zero-order valence-electron chi connectivity index (χ0n) is 25.8. The number of rotatable bonds is 5. The monoisotopic (exact) mass is 591 g/mol. The average Bonchev–Trinajstić information content (AvgIpc) is 3.63. The Morgan fingerprint density at radius 3 is 2.36 bits per heavy atom. The number of methoxy groups -OCH3 is 2. The topological polar surface area (TPSA) is 161 Å². The predicted molar refractivity (Wildman–Crippen MR) is 138 cm³/mol. The number of esters is 1. The molecule has 0 radical (unpaired) electrons. The van der Waals surface area contributed by atoms with E-state index in [-0.39, 0.29) is 41.8 Å². The normalized spacial score (nSPS) is 40.5. The van der Waals surface area contributed by atoms with Gasteiger partial charge in [-0.25, -0.2) is 0 Å². The van der Waals surface area contributed by atoms with Gasteiger partial charge in [0.2, 0.25) is 12.5 Å². The Bertz CT molecular complexity index is 1500. The first-order valence-corrected chi connectivity index (χ1v) is 13.5. The van der Waals surface area contributed by atoms with Crippen LogP contribution < -0.4 is 18.9 Å². The Labute approximate surface area is 244 Å². The van der Waals surface area contributed by atoms with Gasteiger partial charge >= 0.3 is 5.97 Å². The van der Waals surface area contributed by atoms with E-state index in [1.807, 2.05) is 0 Å². The molecule has 42 heavy (non-hydrogen) atoms. The van der Waals surface area contributed by atoms with Crippen molar-refractivity contribution in [3.63, 3.8) is 0 Å². The van der Waals surface area contributed by atoms with Crippen LogP contribution in [0.25, 0.3) is 0 Å². The minimum absolute atomic E-state index is 0.0161. The summed E-state index contributed by atoms with van der Waals surface area (Å²) < 4.78 is 77.3. The number of hydrogen-bond donors (Lipinski definition) is 3. The molecule has 7 rings (SSSR count). The average molecular weight is 592 g/mol. The fourth-order valence-electron chi connectivity index (χ4n) is 6.27. The quantitative estimate of drug-likeness (QED) is 0.428. The first-order chi connectivity index (χ1) is 21.4. The van der Waals surface area contributed by atoms with E-state index in [1.165, 1.54) is 33.3 Å². The summed E-state index contributed by atoms with van der Waals surface area (Å²) >= 11 is 0. The van der Waals surface area contributed by atoms with Crippen molar-refractivity contribution in [1.82, 2.24) is 0 Å². The Morgan fingerprint density at radius 2 is 1.67 bits per heavy atom. The molecule has 0 amide bonds. The number of carbonyl (C=O) groups is 1. The molecule has 4 aliphatic heterocycles. The van der Waals surface area contributed by atoms with Crippen molar-refractivity contribution >= 4 is 5.97 Å². The molecule has 4 heterocycles. The molecular weight excluding hydrogens is 556 g/mol. The number of phenols is 1. The number of aliphatic hydroxyl groups is 2. The highest BCUT2D eigenvalue weighted by molar-refractivity contribution is 5.79. The number of carbonyl (C=O) groups excluding carboxylic acids is 1. The fourth-order valence-corrected chi connectivity index (χ4v) is 6.27. The third-order valence-corrected chi connectivity index (χ3v) is 8.26. The van der Waals surface area contributed by atoms with E-state index >= 15 is 0 Å². The van der Waals surface area contributed by atoms with E-state index in [9.17, 15) is 21.5 Å². The Balaban J connectivity index is 1.36. The highest BCUT2D eigenvalue weighted by Crippen LogP contribution is 2.57. The van der Waals surface area contributed by atoms with Crippen molar-refractivity contribution in [3.05, 3.63) is 41.0 Å². The van der Waals surface area contributed by atoms with Crippen molar-refractivity contribution in [1.29, 1.82) is 0 Å². The van der Waals surface area contributed by atoms with Crippen molar-refractivity contribution in [2.75, 3.05) is 34.2 Å². The molecule has 3 fully saturated rings. The van der Waals surface area contributed by atoms with Crippen LogP contribution in [0.5, 0.6) is 28.7 Å². The molecule has 0 saturated carbocycles. The Morgan fingerprint density at radius 1 is 0.976 bits per heavy atom. The molecule has 0 aromatic heterocycles. The molecule has 13 heteroatoms. The summed E-state index contributed by atoms with van der Waals surface area (Å²) in [6.07, 6.45) is -9.72. The van der Waals surface area contributed by atoms with Gasteiger partial charge in [0.25, 0.3) is 0 Å². The van der Waals surface area contributed by atoms with E-state index in [1.54, 1.807) is 12.1 Å². The van der Waals surface area contributed by atoms with Crippen LogP contribution >= 0.6 is 0 Å². The lowest BCUT2D eigenvalue weighted by atomic mass is 9.66. The van der Waals surface area contributed by atoms with Crippen LogP contribution in [0.15, 0.2) is 24.3 Å². The minimum atomic E-state index is -2.40. The summed E-state index contributed by atoms with van der Waals surface area (Å²) in [5, 5.41) is 32.7. The van der Waals surface area contributed by atoms with Gasteiger partial charge in [-0.1, -0.05) is 0 Å². The molecule has 1 aliphatic carbocycles. The second kappa shape index (κ2) is 10.4. The Hall–Kier alpha value is -3.33. The zero-order chi connectivity index (χ0) is 32.0. The van der Waals surface area contributed by atoms with Crippen molar-refractivity contribution in [3.8, 4) is 28.7 Å². The van der Waals surface area contributed by atoms with Gasteiger partial charge < -0.3 is 58.0 Å². The van der Waals surface area contributed by atoms with Gasteiger partial charge in [-0.2, -0.15) is 0 Å². The van der Waals surface area contributed by atoms with Crippen LogP contribution in [0.2, 0.25) is 0 Å². The molecule has 3 N–H and O–H groups in total. The van der Waals surface area contributed by atoms with Gasteiger partial charge in [0.15, 0.2) is 35.6 Å². The number of aromatic hydroxyl groups is 1. The number of phenolic OH excluding ortho intramolecular Hbond substituents is 1. The minimum Gasteiger partial charge on any atom is -0.502 e. The molecule has 0 spiro atoms. The van der Waals surface area contributed by atoms with Crippen LogP contribution in [0.3, 0.4) is 0 Å². The molecule has 5 aliphatic rings. The maximum absolute atomic E-state index is 13.5. The Kier molecular flexibility index (Phi) is 6.00.